The van der Waals surface area contributed by atoms with Crippen LogP contribution in [0.1, 0.15) is 30.4 Å². The second-order valence-electron chi connectivity index (χ2n) is 7.86. The number of benzene rings is 2. The molecule has 9 nitrogen and oxygen atoms in total. The van der Waals surface area contributed by atoms with Gasteiger partial charge in [-0.25, -0.2) is 13.2 Å². The fourth-order valence-electron chi connectivity index (χ4n) is 3.48. The maximum atomic E-state index is 12.9. The number of anilines is 1. The molecule has 0 spiro atoms. The van der Waals surface area contributed by atoms with E-state index in [1.54, 1.807) is 25.1 Å². The third-order valence-corrected chi connectivity index (χ3v) is 7.29. The van der Waals surface area contributed by atoms with E-state index in [0.717, 1.165) is 25.3 Å². The number of aryl methyl sites for hydroxylation is 1. The summed E-state index contributed by atoms with van der Waals surface area (Å²) in [6.45, 7) is 2.18. The van der Waals surface area contributed by atoms with Gasteiger partial charge in [0.2, 0.25) is 10.0 Å². The average molecular weight is 489 g/mol. The molecule has 1 heterocycles. The van der Waals surface area contributed by atoms with E-state index >= 15 is 0 Å². The van der Waals surface area contributed by atoms with Crippen LogP contribution in [0.4, 0.5) is 5.69 Å². The Morgan fingerprint density at radius 3 is 2.56 bits per heavy atom. The molecule has 2 N–H and O–H groups in total. The van der Waals surface area contributed by atoms with Crippen molar-refractivity contribution in [3.8, 4) is 11.5 Å². The summed E-state index contributed by atoms with van der Waals surface area (Å²) >= 11 is 0. The van der Waals surface area contributed by atoms with Crippen LogP contribution in [0.15, 0.2) is 47.4 Å². The monoisotopic (exact) mass is 488 g/mol. The van der Waals surface area contributed by atoms with Gasteiger partial charge in [-0.2, -0.15) is 4.31 Å². The molecule has 0 aliphatic carbocycles. The molecular weight excluding hydrogens is 460 g/mol. The normalized spacial score (nSPS) is 14.6. The quantitative estimate of drug-likeness (QED) is 0.432. The number of ether oxygens (including phenoxy) is 2. The number of hydrogen-bond donors (Lipinski definition) is 2. The van der Waals surface area contributed by atoms with Crippen molar-refractivity contribution in [2.24, 2.45) is 0 Å². The summed E-state index contributed by atoms with van der Waals surface area (Å²) in [6, 6.07) is 9.14. The van der Waals surface area contributed by atoms with Crippen LogP contribution in [0.25, 0.3) is 6.08 Å². The van der Waals surface area contributed by atoms with Gasteiger partial charge in [0.1, 0.15) is 0 Å². The molecule has 182 valence electrons. The zero-order valence-corrected chi connectivity index (χ0v) is 19.9. The number of phenols is 1. The number of aromatic hydroxyl groups is 1. The van der Waals surface area contributed by atoms with E-state index < -0.39 is 28.5 Å². The number of carbonyl (C=O) groups is 2. The highest BCUT2D eigenvalue weighted by Gasteiger charge is 2.26. The van der Waals surface area contributed by atoms with Crippen LogP contribution < -0.4 is 10.1 Å². The van der Waals surface area contributed by atoms with Gasteiger partial charge in [-0.05, 0) is 61.2 Å². The minimum absolute atomic E-state index is 0.0259. The number of piperidine rings is 1. The molecule has 0 bridgehead atoms. The molecule has 34 heavy (non-hydrogen) atoms. The van der Waals surface area contributed by atoms with Crippen molar-refractivity contribution in [2.45, 2.75) is 31.1 Å². The number of nitrogens with zero attached hydrogens (tertiary/aromatic N) is 1. The number of amides is 1. The summed E-state index contributed by atoms with van der Waals surface area (Å²) in [6.07, 6.45) is 5.28. The molecule has 1 amide bonds. The third kappa shape index (κ3) is 6.36. The molecule has 0 radical (unpaired) electrons. The lowest BCUT2D eigenvalue weighted by atomic mass is 10.2. The summed E-state index contributed by atoms with van der Waals surface area (Å²) in [4.78, 5) is 24.4. The molecule has 3 rings (SSSR count). The van der Waals surface area contributed by atoms with Gasteiger partial charge in [-0.3, -0.25) is 4.79 Å². The zero-order valence-electron chi connectivity index (χ0n) is 19.1. The highest BCUT2D eigenvalue weighted by molar-refractivity contribution is 7.89. The van der Waals surface area contributed by atoms with Crippen LogP contribution >= 0.6 is 0 Å². The number of sulfonamides is 1. The lowest BCUT2D eigenvalue weighted by Gasteiger charge is -2.26. The summed E-state index contributed by atoms with van der Waals surface area (Å²) in [5, 5.41) is 12.2. The summed E-state index contributed by atoms with van der Waals surface area (Å²) in [5.41, 5.74) is 1.61. The van der Waals surface area contributed by atoms with Crippen molar-refractivity contribution in [1.82, 2.24) is 4.31 Å². The van der Waals surface area contributed by atoms with Crippen molar-refractivity contribution in [3.05, 3.63) is 53.6 Å². The first-order valence-corrected chi connectivity index (χ1v) is 12.3. The number of methoxy groups -OCH3 is 1. The molecule has 1 aliphatic rings. The van der Waals surface area contributed by atoms with Gasteiger partial charge in [0.05, 0.1) is 12.0 Å². The Morgan fingerprint density at radius 2 is 1.85 bits per heavy atom. The smallest absolute Gasteiger partial charge is 0.331 e. The maximum absolute atomic E-state index is 12.9. The molecule has 1 aliphatic heterocycles. The van der Waals surface area contributed by atoms with E-state index in [1.807, 2.05) is 0 Å². The fourth-order valence-corrected chi connectivity index (χ4v) is 5.03. The number of phenolic OH excluding ortho intramolecular Hbond substituents is 1. The molecule has 2 aromatic rings. The largest absolute Gasteiger partial charge is 0.504 e. The van der Waals surface area contributed by atoms with E-state index in [2.05, 4.69) is 5.32 Å². The predicted molar refractivity (Wildman–Crippen MR) is 127 cm³/mol. The number of hydrogen-bond acceptors (Lipinski definition) is 7. The van der Waals surface area contributed by atoms with E-state index in [9.17, 15) is 23.1 Å². The number of carbonyl (C=O) groups excluding carboxylic acids is 2. The minimum Gasteiger partial charge on any atom is -0.504 e. The molecule has 1 saturated heterocycles. The zero-order chi connectivity index (χ0) is 24.7. The predicted octanol–water partition coefficient (Wildman–Crippen LogP) is 3.08. The van der Waals surface area contributed by atoms with Gasteiger partial charge >= 0.3 is 5.97 Å². The Kier molecular flexibility index (Phi) is 8.30. The third-order valence-electron chi connectivity index (χ3n) is 5.40. The standard InChI is InChI=1S/C24H28N2O7S/c1-17-6-9-19(34(30,31)26-12-4-3-5-13-26)15-20(17)25-23(28)16-33-24(29)11-8-18-7-10-21(27)22(14-18)32-2/h6-11,14-15,27H,3-5,12-13,16H2,1-2H3,(H,25,28)/b11-8+. The molecule has 0 atom stereocenters. The molecule has 1 fully saturated rings. The van der Waals surface area contributed by atoms with Crippen molar-refractivity contribution in [1.29, 1.82) is 0 Å². The van der Waals surface area contributed by atoms with Gasteiger partial charge in [0, 0.05) is 24.9 Å². The Morgan fingerprint density at radius 1 is 1.12 bits per heavy atom. The highest BCUT2D eigenvalue weighted by Crippen LogP contribution is 2.27. The van der Waals surface area contributed by atoms with Gasteiger partial charge in [-0.1, -0.05) is 18.6 Å². The fraction of sp³-hybridized carbons (Fsp3) is 0.333. The van der Waals surface area contributed by atoms with Crippen molar-refractivity contribution in [3.63, 3.8) is 0 Å². The Balaban J connectivity index is 1.59. The molecule has 10 heteroatoms. The molecule has 0 unspecified atom stereocenters. The van der Waals surface area contributed by atoms with Crippen LogP contribution in [-0.2, 0) is 24.3 Å². The van der Waals surface area contributed by atoms with Crippen LogP contribution in [0.3, 0.4) is 0 Å². The van der Waals surface area contributed by atoms with Gasteiger partial charge in [0.25, 0.3) is 5.91 Å². The van der Waals surface area contributed by atoms with Crippen LogP contribution in [-0.4, -0.2) is 56.5 Å². The van der Waals surface area contributed by atoms with E-state index in [4.69, 9.17) is 9.47 Å². The van der Waals surface area contributed by atoms with Crippen molar-refractivity contribution < 1.29 is 32.6 Å². The van der Waals surface area contributed by atoms with Crippen molar-refractivity contribution in [2.75, 3.05) is 32.1 Å². The second kappa shape index (κ2) is 11.2. The Bertz CT molecular complexity index is 1190. The number of rotatable bonds is 8. The van der Waals surface area contributed by atoms with Gasteiger partial charge in [-0.15, -0.1) is 0 Å². The summed E-state index contributed by atoms with van der Waals surface area (Å²) in [5.74, 6) is -1.10. The maximum Gasteiger partial charge on any atom is 0.331 e. The Hall–Kier alpha value is -3.37. The Labute approximate surface area is 199 Å². The first-order chi connectivity index (χ1) is 16.2. The van der Waals surface area contributed by atoms with Gasteiger partial charge in [0.15, 0.2) is 18.1 Å². The van der Waals surface area contributed by atoms with E-state index in [-0.39, 0.29) is 16.4 Å². The lowest BCUT2D eigenvalue weighted by molar-refractivity contribution is -0.142. The highest BCUT2D eigenvalue weighted by atomic mass is 32.2. The first kappa shape index (κ1) is 25.3. The minimum atomic E-state index is -3.64. The topological polar surface area (TPSA) is 122 Å². The average Bonchev–Trinajstić information content (AvgIpc) is 2.84. The van der Waals surface area contributed by atoms with E-state index in [0.29, 0.717) is 29.9 Å². The summed E-state index contributed by atoms with van der Waals surface area (Å²) in [7, 11) is -2.23. The van der Waals surface area contributed by atoms with E-state index in [1.165, 1.54) is 35.7 Å². The van der Waals surface area contributed by atoms with Crippen LogP contribution in [0.2, 0.25) is 0 Å². The lowest BCUT2D eigenvalue weighted by Crippen LogP contribution is -2.35. The second-order valence-corrected chi connectivity index (χ2v) is 9.80. The first-order valence-electron chi connectivity index (χ1n) is 10.8. The molecule has 2 aromatic carbocycles. The number of nitrogens with one attached hydrogen (secondary N) is 1. The van der Waals surface area contributed by atoms with Crippen molar-refractivity contribution >= 4 is 33.7 Å². The molecule has 0 aromatic heterocycles. The van der Waals surface area contributed by atoms with Crippen LogP contribution in [0.5, 0.6) is 11.5 Å². The SMILES string of the molecule is COc1cc(/C=C/C(=O)OCC(=O)Nc2cc(S(=O)(=O)N3CCCCC3)ccc2C)ccc1O. The molecule has 0 saturated carbocycles. The van der Waals surface area contributed by atoms with Crippen LogP contribution in [0, 0.1) is 6.92 Å². The number of esters is 1. The summed E-state index contributed by atoms with van der Waals surface area (Å²) < 4.78 is 37.3. The molecular formula is C24H28N2O7S. The van der Waals surface area contributed by atoms with Gasteiger partial charge < -0.3 is 19.9 Å².